The number of nitrogens with zero attached hydrogens (tertiary/aromatic N) is 3. The van der Waals surface area contributed by atoms with Crippen LogP contribution in [0.2, 0.25) is 0 Å². The number of hydrogen-bond donors (Lipinski definition) is 0. The molecule has 1 amide bonds. The van der Waals surface area contributed by atoms with Gasteiger partial charge >= 0.3 is 6.09 Å². The Labute approximate surface area is 122 Å². The Morgan fingerprint density at radius 2 is 2.10 bits per heavy atom. The van der Waals surface area contributed by atoms with Gasteiger partial charge in [-0.1, -0.05) is 0 Å². The van der Waals surface area contributed by atoms with Gasteiger partial charge in [0.2, 0.25) is 0 Å². The van der Waals surface area contributed by atoms with E-state index < -0.39 is 5.60 Å². The number of carbonyl (C=O) groups excluding carboxylic acids is 1. The molecule has 1 aromatic rings. The molecule has 1 aliphatic heterocycles. The van der Waals surface area contributed by atoms with Gasteiger partial charge in [0.05, 0.1) is 5.69 Å². The van der Waals surface area contributed by atoms with E-state index in [2.05, 4.69) is 5.10 Å². The molecule has 0 bridgehead atoms. The van der Waals surface area contributed by atoms with Gasteiger partial charge in [-0.15, -0.1) is 3.89 Å². The lowest BCUT2D eigenvalue weighted by Gasteiger charge is -2.32. The van der Waals surface area contributed by atoms with Gasteiger partial charge < -0.3 is 9.64 Å². The van der Waals surface area contributed by atoms with Crippen molar-refractivity contribution in [3.8, 4) is 0 Å². The third-order valence-electron chi connectivity index (χ3n) is 3.22. The zero-order chi connectivity index (χ0) is 14.8. The van der Waals surface area contributed by atoms with Gasteiger partial charge in [-0.25, -0.2) is 4.79 Å². The molecular weight excluding hydrogens is 281 g/mol. The molecule has 0 atom stereocenters. The average molecular weight is 301 g/mol. The maximum absolute atomic E-state index is 12.4. The zero-order valence-electron chi connectivity index (χ0n) is 12.0. The fourth-order valence-corrected chi connectivity index (χ4v) is 2.49. The summed E-state index contributed by atoms with van der Waals surface area (Å²) in [6.07, 6.45) is 3.00. The third-order valence-corrected chi connectivity index (χ3v) is 3.57. The maximum Gasteiger partial charge on any atom is 0.410 e. The second-order valence-electron chi connectivity index (χ2n) is 5.95. The number of hydrogen-bond acceptors (Lipinski definition) is 4. The summed E-state index contributed by atoms with van der Waals surface area (Å²) >= 11 is 0.0864. The number of likely N-dealkylation sites (tertiary alicyclic amines) is 1. The van der Waals surface area contributed by atoms with Crippen molar-refractivity contribution in [2.75, 3.05) is 13.1 Å². The quantitative estimate of drug-likeness (QED) is 0.840. The largest absolute Gasteiger partial charge is 0.444 e. The molecule has 7 heteroatoms. The molecule has 1 aromatic heterocycles. The smallest absolute Gasteiger partial charge is 0.410 e. The molecule has 0 N–H and O–H groups in total. The predicted octanol–water partition coefficient (Wildman–Crippen LogP) is 3.38. The molecule has 1 saturated heterocycles. The van der Waals surface area contributed by atoms with Crippen molar-refractivity contribution in [1.29, 1.82) is 0 Å². The molecule has 5 nitrogen and oxygen atoms in total. The van der Waals surface area contributed by atoms with Crippen LogP contribution in [0.4, 0.5) is 8.68 Å². The van der Waals surface area contributed by atoms with Crippen LogP contribution in [0, 0.1) is 0 Å². The van der Waals surface area contributed by atoms with Gasteiger partial charge in [0, 0.05) is 25.2 Å². The highest BCUT2D eigenvalue weighted by molar-refractivity contribution is 7.92. The molecule has 0 unspecified atom stereocenters. The number of halogens is 1. The van der Waals surface area contributed by atoms with Gasteiger partial charge in [-0.2, -0.15) is 9.19 Å². The van der Waals surface area contributed by atoms with Gasteiger partial charge in [-0.05, 0) is 39.7 Å². The minimum atomic E-state index is -0.467. The molecule has 20 heavy (non-hydrogen) atoms. The zero-order valence-corrected chi connectivity index (χ0v) is 12.8. The molecule has 0 spiro atoms. The second-order valence-corrected chi connectivity index (χ2v) is 6.47. The lowest BCUT2D eigenvalue weighted by atomic mass is 9.94. The summed E-state index contributed by atoms with van der Waals surface area (Å²) in [4.78, 5) is 13.7. The lowest BCUT2D eigenvalue weighted by Crippen LogP contribution is -2.41. The standard InChI is InChI=1S/C13H20FN3O2S/c1-13(2,3)19-12(18)16-7-4-10(5-8-16)11-6-9-17(15-11)20-14/h6,9-10H,4-5,7-8H2,1-3H3. The van der Waals surface area contributed by atoms with Crippen molar-refractivity contribution in [1.82, 2.24) is 14.1 Å². The van der Waals surface area contributed by atoms with Crippen molar-refractivity contribution >= 4 is 18.4 Å². The first-order chi connectivity index (χ1) is 9.39. The fraction of sp³-hybridized carbons (Fsp3) is 0.692. The van der Waals surface area contributed by atoms with E-state index in [0.717, 1.165) is 18.5 Å². The Hall–Kier alpha value is -1.24. The number of aromatic nitrogens is 2. The van der Waals surface area contributed by atoms with E-state index in [0.29, 0.717) is 13.1 Å². The number of ether oxygens (including phenoxy) is 1. The van der Waals surface area contributed by atoms with E-state index in [9.17, 15) is 8.68 Å². The Kier molecular flexibility index (Phi) is 4.57. The summed E-state index contributed by atoms with van der Waals surface area (Å²) in [5.41, 5.74) is 0.421. The van der Waals surface area contributed by atoms with Crippen LogP contribution < -0.4 is 0 Å². The van der Waals surface area contributed by atoms with E-state index in [-0.39, 0.29) is 24.3 Å². The summed E-state index contributed by atoms with van der Waals surface area (Å²) in [6.45, 7) is 6.88. The number of amides is 1. The van der Waals surface area contributed by atoms with Crippen molar-refractivity contribution in [3.05, 3.63) is 18.0 Å². The lowest BCUT2D eigenvalue weighted by molar-refractivity contribution is 0.0204. The van der Waals surface area contributed by atoms with Crippen molar-refractivity contribution in [2.45, 2.75) is 45.1 Å². The second kappa shape index (κ2) is 6.03. The molecular formula is C13H20FN3O2S. The number of piperidine rings is 1. The molecule has 0 aliphatic carbocycles. The summed E-state index contributed by atoms with van der Waals surface area (Å²) in [6, 6.07) is 1.83. The summed E-state index contributed by atoms with van der Waals surface area (Å²) in [7, 11) is 0. The van der Waals surface area contributed by atoms with E-state index in [1.165, 1.54) is 4.09 Å². The Morgan fingerprint density at radius 3 is 2.60 bits per heavy atom. The monoisotopic (exact) mass is 301 g/mol. The van der Waals surface area contributed by atoms with Gasteiger partial charge in [0.15, 0.2) is 12.3 Å². The fourth-order valence-electron chi connectivity index (χ4n) is 2.26. The third kappa shape index (κ3) is 3.88. The molecule has 2 rings (SSSR count). The van der Waals surface area contributed by atoms with Crippen LogP contribution in [-0.2, 0) is 4.74 Å². The number of rotatable bonds is 2. The predicted molar refractivity (Wildman–Crippen MR) is 76.1 cm³/mol. The number of carbonyl (C=O) groups is 1. The Balaban J connectivity index is 1.87. The molecule has 0 aromatic carbocycles. The van der Waals surface area contributed by atoms with Crippen LogP contribution >= 0.6 is 12.3 Å². The maximum atomic E-state index is 12.4. The summed E-state index contributed by atoms with van der Waals surface area (Å²) in [5, 5.41) is 4.15. The molecule has 0 saturated carbocycles. The van der Waals surface area contributed by atoms with E-state index in [1.54, 1.807) is 11.1 Å². The van der Waals surface area contributed by atoms with E-state index >= 15 is 0 Å². The van der Waals surface area contributed by atoms with E-state index in [4.69, 9.17) is 4.74 Å². The van der Waals surface area contributed by atoms with Crippen molar-refractivity contribution < 1.29 is 13.4 Å². The molecule has 2 heterocycles. The summed E-state index contributed by atoms with van der Waals surface area (Å²) in [5.74, 6) is 0.280. The highest BCUT2D eigenvalue weighted by Gasteiger charge is 2.28. The van der Waals surface area contributed by atoms with Crippen molar-refractivity contribution in [3.63, 3.8) is 0 Å². The molecule has 1 fully saturated rings. The minimum absolute atomic E-state index is 0.0864. The molecule has 112 valence electrons. The van der Waals surface area contributed by atoms with Crippen LogP contribution in [0.25, 0.3) is 0 Å². The molecule has 0 radical (unpaired) electrons. The average Bonchev–Trinajstić information content (AvgIpc) is 2.85. The first kappa shape index (κ1) is 15.2. The van der Waals surface area contributed by atoms with Crippen LogP contribution in [0.5, 0.6) is 0 Å². The Bertz CT molecular complexity index is 464. The van der Waals surface area contributed by atoms with Crippen LogP contribution in [0.15, 0.2) is 12.3 Å². The van der Waals surface area contributed by atoms with E-state index in [1.807, 2.05) is 26.8 Å². The summed E-state index contributed by atoms with van der Waals surface area (Å²) < 4.78 is 18.9. The minimum Gasteiger partial charge on any atom is -0.444 e. The first-order valence-electron chi connectivity index (χ1n) is 6.71. The van der Waals surface area contributed by atoms with Crippen LogP contribution in [0.3, 0.4) is 0 Å². The van der Waals surface area contributed by atoms with Crippen LogP contribution in [-0.4, -0.2) is 38.9 Å². The highest BCUT2D eigenvalue weighted by atomic mass is 32.2. The SMILES string of the molecule is CC(C)(C)OC(=O)N1CCC(c2ccn(SF)n2)CC1. The first-order valence-corrected chi connectivity index (χ1v) is 7.39. The van der Waals surface area contributed by atoms with Crippen molar-refractivity contribution in [2.24, 2.45) is 0 Å². The Morgan fingerprint density at radius 1 is 1.45 bits per heavy atom. The van der Waals surface area contributed by atoms with Crippen LogP contribution in [0.1, 0.15) is 45.2 Å². The van der Waals surface area contributed by atoms with Gasteiger partial charge in [-0.3, -0.25) is 0 Å². The normalized spacial score (nSPS) is 17.3. The topological polar surface area (TPSA) is 47.4 Å². The highest BCUT2D eigenvalue weighted by Crippen LogP contribution is 2.28. The van der Waals surface area contributed by atoms with Gasteiger partial charge in [0.1, 0.15) is 5.60 Å². The van der Waals surface area contributed by atoms with Gasteiger partial charge in [0.25, 0.3) is 0 Å². The molecule has 1 aliphatic rings.